The molecule has 0 saturated heterocycles. The van der Waals surface area contributed by atoms with Crippen LogP contribution in [0.1, 0.15) is 25.8 Å². The Kier molecular flexibility index (Phi) is 8.07. The van der Waals surface area contributed by atoms with E-state index in [1.54, 1.807) is 0 Å². The summed E-state index contributed by atoms with van der Waals surface area (Å²) in [5.41, 5.74) is 1.26. The summed E-state index contributed by atoms with van der Waals surface area (Å²) < 4.78 is 11.1. The molecular weight excluding hydrogens is 262 g/mol. The molecule has 1 aromatic carbocycles. The van der Waals surface area contributed by atoms with Crippen LogP contribution in [0.3, 0.4) is 0 Å². The highest BCUT2D eigenvalue weighted by molar-refractivity contribution is 6.30. The maximum Gasteiger partial charge on any atom is 0.158 e. The molecular formula is C15H24ClNO2. The Morgan fingerprint density at radius 3 is 2.21 bits per heavy atom. The first-order valence-electron chi connectivity index (χ1n) is 6.81. The molecule has 108 valence electrons. The smallest absolute Gasteiger partial charge is 0.158 e. The molecule has 0 amide bonds. The Hall–Kier alpha value is -0.610. The standard InChI is InChI=1S/C15H24ClNO2/c1-4-18-15(19-5-2)10-11-17(3)12-13-6-8-14(16)9-7-13/h6-9,15H,4-5,10-12H2,1-3H3. The van der Waals surface area contributed by atoms with E-state index in [0.717, 1.165) is 24.5 Å². The van der Waals surface area contributed by atoms with Crippen LogP contribution in [-0.2, 0) is 16.0 Å². The molecule has 0 aliphatic carbocycles. The summed E-state index contributed by atoms with van der Waals surface area (Å²) in [7, 11) is 2.10. The minimum absolute atomic E-state index is 0.0948. The monoisotopic (exact) mass is 285 g/mol. The Morgan fingerprint density at radius 1 is 1.11 bits per heavy atom. The van der Waals surface area contributed by atoms with E-state index in [-0.39, 0.29) is 6.29 Å². The summed E-state index contributed by atoms with van der Waals surface area (Å²) in [6.07, 6.45) is 0.786. The van der Waals surface area contributed by atoms with Gasteiger partial charge in [0.2, 0.25) is 0 Å². The summed E-state index contributed by atoms with van der Waals surface area (Å²) in [6.45, 7) is 7.19. The van der Waals surface area contributed by atoms with Crippen LogP contribution < -0.4 is 0 Å². The fraction of sp³-hybridized carbons (Fsp3) is 0.600. The van der Waals surface area contributed by atoms with Gasteiger partial charge in [0.15, 0.2) is 6.29 Å². The van der Waals surface area contributed by atoms with Gasteiger partial charge in [-0.1, -0.05) is 23.7 Å². The van der Waals surface area contributed by atoms with Crippen LogP contribution in [0.15, 0.2) is 24.3 Å². The Morgan fingerprint density at radius 2 is 1.68 bits per heavy atom. The number of hydrogen-bond acceptors (Lipinski definition) is 3. The highest BCUT2D eigenvalue weighted by Crippen LogP contribution is 2.11. The molecule has 0 unspecified atom stereocenters. The quantitative estimate of drug-likeness (QED) is 0.648. The number of halogens is 1. The van der Waals surface area contributed by atoms with E-state index in [0.29, 0.717) is 13.2 Å². The van der Waals surface area contributed by atoms with Crippen LogP contribution in [0.2, 0.25) is 5.02 Å². The van der Waals surface area contributed by atoms with E-state index in [2.05, 4.69) is 24.1 Å². The largest absolute Gasteiger partial charge is 0.353 e. The minimum atomic E-state index is -0.0948. The van der Waals surface area contributed by atoms with Gasteiger partial charge in [-0.25, -0.2) is 0 Å². The Labute approximate surface area is 121 Å². The van der Waals surface area contributed by atoms with Gasteiger partial charge in [0.05, 0.1) is 0 Å². The second-order valence-electron chi connectivity index (χ2n) is 4.49. The van der Waals surface area contributed by atoms with Gasteiger partial charge in [0, 0.05) is 37.7 Å². The van der Waals surface area contributed by atoms with Crippen LogP contribution in [0, 0.1) is 0 Å². The van der Waals surface area contributed by atoms with E-state index in [1.165, 1.54) is 5.56 Å². The number of hydrogen-bond donors (Lipinski definition) is 0. The highest BCUT2D eigenvalue weighted by Gasteiger charge is 2.09. The Balaban J connectivity index is 2.33. The molecule has 0 aliphatic heterocycles. The number of benzene rings is 1. The summed E-state index contributed by atoms with van der Waals surface area (Å²) in [5, 5.41) is 0.777. The van der Waals surface area contributed by atoms with Crippen LogP contribution >= 0.6 is 11.6 Å². The predicted octanol–water partition coefficient (Wildman–Crippen LogP) is 3.56. The third kappa shape index (κ3) is 6.92. The Bertz CT molecular complexity index is 337. The molecule has 0 spiro atoms. The van der Waals surface area contributed by atoms with Gasteiger partial charge in [-0.15, -0.1) is 0 Å². The maximum atomic E-state index is 5.87. The molecule has 1 aromatic rings. The first-order valence-corrected chi connectivity index (χ1v) is 7.19. The van der Waals surface area contributed by atoms with E-state index < -0.39 is 0 Å². The van der Waals surface area contributed by atoms with Crippen LogP contribution in [-0.4, -0.2) is 38.0 Å². The summed E-state index contributed by atoms with van der Waals surface area (Å²) in [5.74, 6) is 0. The van der Waals surface area contributed by atoms with Crippen LogP contribution in [0.4, 0.5) is 0 Å². The second-order valence-corrected chi connectivity index (χ2v) is 4.93. The lowest BCUT2D eigenvalue weighted by molar-refractivity contribution is -0.141. The molecule has 0 aromatic heterocycles. The van der Waals surface area contributed by atoms with Gasteiger partial charge >= 0.3 is 0 Å². The third-order valence-corrected chi connectivity index (χ3v) is 3.07. The van der Waals surface area contributed by atoms with Crippen LogP contribution in [0.5, 0.6) is 0 Å². The topological polar surface area (TPSA) is 21.7 Å². The van der Waals surface area contributed by atoms with Crippen LogP contribution in [0.25, 0.3) is 0 Å². The normalized spacial score (nSPS) is 11.5. The maximum absolute atomic E-state index is 5.87. The van der Waals surface area contributed by atoms with E-state index in [4.69, 9.17) is 21.1 Å². The van der Waals surface area contributed by atoms with Crippen molar-refractivity contribution in [3.63, 3.8) is 0 Å². The number of rotatable bonds is 9. The lowest BCUT2D eigenvalue weighted by Crippen LogP contribution is -2.26. The van der Waals surface area contributed by atoms with Crippen molar-refractivity contribution in [3.8, 4) is 0 Å². The molecule has 0 radical (unpaired) electrons. The molecule has 0 saturated carbocycles. The second kappa shape index (κ2) is 9.32. The van der Waals surface area contributed by atoms with Crippen molar-refractivity contribution in [1.82, 2.24) is 4.90 Å². The number of ether oxygens (including phenoxy) is 2. The summed E-state index contributed by atoms with van der Waals surface area (Å²) in [6, 6.07) is 7.96. The zero-order chi connectivity index (χ0) is 14.1. The first kappa shape index (κ1) is 16.4. The van der Waals surface area contributed by atoms with Gasteiger partial charge in [0.1, 0.15) is 0 Å². The molecule has 0 aliphatic rings. The zero-order valence-corrected chi connectivity index (χ0v) is 12.8. The van der Waals surface area contributed by atoms with E-state index in [9.17, 15) is 0 Å². The lowest BCUT2D eigenvalue weighted by atomic mass is 10.2. The molecule has 19 heavy (non-hydrogen) atoms. The number of nitrogens with zero attached hydrogens (tertiary/aromatic N) is 1. The molecule has 0 heterocycles. The average molecular weight is 286 g/mol. The van der Waals surface area contributed by atoms with Crippen molar-refractivity contribution in [2.45, 2.75) is 33.1 Å². The van der Waals surface area contributed by atoms with E-state index in [1.807, 2.05) is 26.0 Å². The molecule has 0 fully saturated rings. The van der Waals surface area contributed by atoms with Gasteiger partial charge < -0.3 is 14.4 Å². The molecule has 0 atom stereocenters. The van der Waals surface area contributed by atoms with Crippen molar-refractivity contribution in [2.24, 2.45) is 0 Å². The van der Waals surface area contributed by atoms with Crippen molar-refractivity contribution >= 4 is 11.6 Å². The van der Waals surface area contributed by atoms with Gasteiger partial charge in [0.25, 0.3) is 0 Å². The lowest BCUT2D eigenvalue weighted by Gasteiger charge is -2.21. The summed E-state index contributed by atoms with van der Waals surface area (Å²) in [4.78, 5) is 2.26. The summed E-state index contributed by atoms with van der Waals surface area (Å²) >= 11 is 5.87. The van der Waals surface area contributed by atoms with Crippen molar-refractivity contribution < 1.29 is 9.47 Å². The highest BCUT2D eigenvalue weighted by atomic mass is 35.5. The molecule has 4 heteroatoms. The molecule has 0 N–H and O–H groups in total. The van der Waals surface area contributed by atoms with Crippen molar-refractivity contribution in [2.75, 3.05) is 26.8 Å². The van der Waals surface area contributed by atoms with Gasteiger partial charge in [-0.3, -0.25) is 0 Å². The molecule has 3 nitrogen and oxygen atoms in total. The zero-order valence-electron chi connectivity index (χ0n) is 12.1. The predicted molar refractivity (Wildman–Crippen MR) is 79.4 cm³/mol. The van der Waals surface area contributed by atoms with Gasteiger partial charge in [-0.05, 0) is 38.6 Å². The van der Waals surface area contributed by atoms with Crippen molar-refractivity contribution in [3.05, 3.63) is 34.9 Å². The first-order chi connectivity index (χ1) is 9.15. The molecule has 0 bridgehead atoms. The fourth-order valence-corrected chi connectivity index (χ4v) is 2.02. The minimum Gasteiger partial charge on any atom is -0.353 e. The fourth-order valence-electron chi connectivity index (χ4n) is 1.89. The van der Waals surface area contributed by atoms with Crippen molar-refractivity contribution in [1.29, 1.82) is 0 Å². The SMILES string of the molecule is CCOC(CCN(C)Cc1ccc(Cl)cc1)OCC. The van der Waals surface area contributed by atoms with Gasteiger partial charge in [-0.2, -0.15) is 0 Å². The third-order valence-electron chi connectivity index (χ3n) is 2.82. The average Bonchev–Trinajstić information content (AvgIpc) is 2.39. The molecule has 1 rings (SSSR count). The van der Waals surface area contributed by atoms with E-state index >= 15 is 0 Å².